The Morgan fingerprint density at radius 3 is 2.73 bits per heavy atom. The molecular formula is C13H22O2. The number of hydrogen-bond donors (Lipinski definition) is 1. The van der Waals surface area contributed by atoms with Crippen LogP contribution in [0.4, 0.5) is 0 Å². The van der Waals surface area contributed by atoms with Gasteiger partial charge in [0.1, 0.15) is 0 Å². The summed E-state index contributed by atoms with van der Waals surface area (Å²) < 4.78 is 5.51. The molecule has 5 atom stereocenters. The van der Waals surface area contributed by atoms with E-state index in [9.17, 15) is 5.11 Å². The minimum Gasteiger partial charge on any atom is -0.387 e. The van der Waals surface area contributed by atoms with Crippen LogP contribution in [0.1, 0.15) is 45.4 Å². The van der Waals surface area contributed by atoms with E-state index in [1.165, 1.54) is 25.7 Å². The number of hydrogen-bond acceptors (Lipinski definition) is 2. The molecule has 3 rings (SSSR count). The molecule has 0 spiro atoms. The molecule has 2 saturated carbocycles. The van der Waals surface area contributed by atoms with Crippen molar-refractivity contribution in [3.05, 3.63) is 0 Å². The van der Waals surface area contributed by atoms with Crippen LogP contribution in [-0.2, 0) is 4.74 Å². The van der Waals surface area contributed by atoms with Gasteiger partial charge in [0.2, 0.25) is 0 Å². The molecule has 0 radical (unpaired) electrons. The van der Waals surface area contributed by atoms with Crippen LogP contribution in [0.25, 0.3) is 0 Å². The van der Waals surface area contributed by atoms with E-state index in [1.54, 1.807) is 0 Å². The zero-order valence-corrected chi connectivity index (χ0v) is 9.61. The summed E-state index contributed by atoms with van der Waals surface area (Å²) in [6.45, 7) is 2.78. The third-order valence-electron chi connectivity index (χ3n) is 5.16. The summed E-state index contributed by atoms with van der Waals surface area (Å²) in [7, 11) is 0. The summed E-state index contributed by atoms with van der Waals surface area (Å²) in [5.74, 6) is 2.70. The summed E-state index contributed by atoms with van der Waals surface area (Å²) >= 11 is 0. The van der Waals surface area contributed by atoms with E-state index in [0.29, 0.717) is 0 Å². The summed E-state index contributed by atoms with van der Waals surface area (Å²) in [6.07, 6.45) is 7.58. The van der Waals surface area contributed by atoms with Crippen LogP contribution < -0.4 is 0 Å². The second kappa shape index (κ2) is 3.46. The summed E-state index contributed by atoms with van der Waals surface area (Å²) in [6, 6.07) is 0. The molecule has 1 saturated heterocycles. The number of rotatable bonds is 2. The molecule has 2 aliphatic carbocycles. The van der Waals surface area contributed by atoms with Crippen molar-refractivity contribution in [3.63, 3.8) is 0 Å². The number of ether oxygens (including phenoxy) is 1. The number of fused-ring (bicyclic) bond motifs is 2. The average Bonchev–Trinajstić information content (AvgIpc) is 2.84. The molecular weight excluding hydrogens is 188 g/mol. The fraction of sp³-hybridized carbons (Fsp3) is 1.00. The Balaban J connectivity index is 1.65. The second-order valence-corrected chi connectivity index (χ2v) is 6.01. The van der Waals surface area contributed by atoms with Gasteiger partial charge in [-0.15, -0.1) is 0 Å². The Morgan fingerprint density at radius 1 is 1.33 bits per heavy atom. The highest BCUT2D eigenvalue weighted by atomic mass is 16.5. The maximum atomic E-state index is 10.5. The molecule has 3 aliphatic rings. The SMILES string of the molecule is CC1OCCC1(O)CC1CC2CCC1C2. The van der Waals surface area contributed by atoms with Gasteiger partial charge in [-0.1, -0.05) is 6.42 Å². The molecule has 1 aliphatic heterocycles. The van der Waals surface area contributed by atoms with Crippen LogP contribution in [0.3, 0.4) is 0 Å². The van der Waals surface area contributed by atoms with E-state index >= 15 is 0 Å². The van der Waals surface area contributed by atoms with E-state index < -0.39 is 5.60 Å². The van der Waals surface area contributed by atoms with Crippen molar-refractivity contribution >= 4 is 0 Å². The van der Waals surface area contributed by atoms with Crippen LogP contribution in [0.15, 0.2) is 0 Å². The highest BCUT2D eigenvalue weighted by Crippen LogP contribution is 2.51. The minimum atomic E-state index is -0.505. The van der Waals surface area contributed by atoms with E-state index in [0.717, 1.165) is 37.2 Å². The standard InChI is InChI=1S/C13H22O2/c1-9-13(14,4-5-15-9)8-12-7-10-2-3-11(12)6-10/h9-12,14H,2-8H2,1H3. The fourth-order valence-electron chi connectivity index (χ4n) is 4.12. The molecule has 2 nitrogen and oxygen atoms in total. The smallest absolute Gasteiger partial charge is 0.0930 e. The highest BCUT2D eigenvalue weighted by Gasteiger charge is 2.47. The Kier molecular flexibility index (Phi) is 2.33. The van der Waals surface area contributed by atoms with Crippen molar-refractivity contribution in [2.45, 2.75) is 57.2 Å². The summed E-state index contributed by atoms with van der Waals surface area (Å²) in [4.78, 5) is 0. The van der Waals surface area contributed by atoms with Crippen LogP contribution in [-0.4, -0.2) is 23.4 Å². The van der Waals surface area contributed by atoms with Gasteiger partial charge < -0.3 is 9.84 Å². The van der Waals surface area contributed by atoms with Gasteiger partial charge in [0, 0.05) is 13.0 Å². The predicted octanol–water partition coefficient (Wildman–Crippen LogP) is 2.35. The summed E-state index contributed by atoms with van der Waals surface area (Å²) in [5, 5.41) is 10.5. The van der Waals surface area contributed by atoms with Gasteiger partial charge in [-0.05, 0) is 50.4 Å². The van der Waals surface area contributed by atoms with Gasteiger partial charge in [-0.3, -0.25) is 0 Å². The zero-order chi connectivity index (χ0) is 10.5. The third-order valence-corrected chi connectivity index (χ3v) is 5.16. The van der Waals surface area contributed by atoms with E-state index in [4.69, 9.17) is 4.74 Å². The molecule has 5 unspecified atom stereocenters. The van der Waals surface area contributed by atoms with Crippen LogP contribution >= 0.6 is 0 Å². The Morgan fingerprint density at radius 2 is 2.20 bits per heavy atom. The van der Waals surface area contributed by atoms with Gasteiger partial charge in [0.05, 0.1) is 11.7 Å². The monoisotopic (exact) mass is 210 g/mol. The molecule has 86 valence electrons. The topological polar surface area (TPSA) is 29.5 Å². The molecule has 1 heterocycles. The molecule has 0 aromatic rings. The lowest BCUT2D eigenvalue weighted by Crippen LogP contribution is -2.39. The lowest BCUT2D eigenvalue weighted by Gasteiger charge is -2.32. The van der Waals surface area contributed by atoms with E-state index in [1.807, 2.05) is 6.92 Å². The number of aliphatic hydroxyl groups is 1. The molecule has 0 aromatic carbocycles. The van der Waals surface area contributed by atoms with Gasteiger partial charge in [-0.2, -0.15) is 0 Å². The molecule has 0 aromatic heterocycles. The average molecular weight is 210 g/mol. The van der Waals surface area contributed by atoms with Gasteiger partial charge in [-0.25, -0.2) is 0 Å². The van der Waals surface area contributed by atoms with Crippen LogP contribution in [0.2, 0.25) is 0 Å². The van der Waals surface area contributed by atoms with E-state index in [-0.39, 0.29) is 6.10 Å². The van der Waals surface area contributed by atoms with Crippen molar-refractivity contribution in [3.8, 4) is 0 Å². The lowest BCUT2D eigenvalue weighted by atomic mass is 9.78. The quantitative estimate of drug-likeness (QED) is 0.758. The third kappa shape index (κ3) is 1.62. The van der Waals surface area contributed by atoms with Crippen LogP contribution in [0, 0.1) is 17.8 Å². The molecule has 0 amide bonds. The predicted molar refractivity (Wildman–Crippen MR) is 58.5 cm³/mol. The summed E-state index contributed by atoms with van der Waals surface area (Å²) in [5.41, 5.74) is -0.505. The van der Waals surface area contributed by atoms with Gasteiger partial charge >= 0.3 is 0 Å². The van der Waals surface area contributed by atoms with Crippen molar-refractivity contribution in [1.82, 2.24) is 0 Å². The normalized spacial score (nSPS) is 54.0. The van der Waals surface area contributed by atoms with Crippen molar-refractivity contribution in [2.75, 3.05) is 6.61 Å². The van der Waals surface area contributed by atoms with E-state index in [2.05, 4.69) is 0 Å². The molecule has 2 bridgehead atoms. The fourth-order valence-corrected chi connectivity index (χ4v) is 4.12. The van der Waals surface area contributed by atoms with Gasteiger partial charge in [0.25, 0.3) is 0 Å². The van der Waals surface area contributed by atoms with Crippen molar-refractivity contribution < 1.29 is 9.84 Å². The Bertz CT molecular complexity index is 253. The first-order valence-corrected chi connectivity index (χ1v) is 6.51. The second-order valence-electron chi connectivity index (χ2n) is 6.01. The lowest BCUT2D eigenvalue weighted by molar-refractivity contribution is -0.0480. The van der Waals surface area contributed by atoms with Crippen molar-refractivity contribution in [2.24, 2.45) is 17.8 Å². The molecule has 1 N–H and O–H groups in total. The van der Waals surface area contributed by atoms with Gasteiger partial charge in [0.15, 0.2) is 0 Å². The first-order chi connectivity index (χ1) is 7.17. The first kappa shape index (κ1) is 10.1. The molecule has 15 heavy (non-hydrogen) atoms. The molecule has 2 heteroatoms. The highest BCUT2D eigenvalue weighted by molar-refractivity contribution is 4.97. The maximum absolute atomic E-state index is 10.5. The Hall–Kier alpha value is -0.0800. The van der Waals surface area contributed by atoms with Crippen LogP contribution in [0.5, 0.6) is 0 Å². The Labute approximate surface area is 92.0 Å². The maximum Gasteiger partial charge on any atom is 0.0930 e. The minimum absolute atomic E-state index is 0.0524. The van der Waals surface area contributed by atoms with Crippen molar-refractivity contribution in [1.29, 1.82) is 0 Å². The molecule has 3 fully saturated rings. The zero-order valence-electron chi connectivity index (χ0n) is 9.61. The largest absolute Gasteiger partial charge is 0.387 e. The first-order valence-electron chi connectivity index (χ1n) is 6.51.